The van der Waals surface area contributed by atoms with Gasteiger partial charge in [-0.25, -0.2) is 13.1 Å². The fourth-order valence-corrected chi connectivity index (χ4v) is 4.86. The SMILES string of the molecule is CCC(=O)c1cccc(S(=O)(=O)NC2(CN)CCCCC2C)c1.Cl. The first-order chi connectivity index (χ1) is 10.8. The molecule has 5 nitrogen and oxygen atoms in total. The van der Waals surface area contributed by atoms with Crippen LogP contribution in [0.5, 0.6) is 0 Å². The van der Waals surface area contributed by atoms with Crippen LogP contribution < -0.4 is 10.5 Å². The summed E-state index contributed by atoms with van der Waals surface area (Å²) in [6.07, 6.45) is 4.13. The van der Waals surface area contributed by atoms with Gasteiger partial charge in [0.25, 0.3) is 0 Å². The van der Waals surface area contributed by atoms with E-state index in [1.807, 2.05) is 6.92 Å². The third kappa shape index (κ3) is 4.36. The van der Waals surface area contributed by atoms with Crippen molar-refractivity contribution in [3.63, 3.8) is 0 Å². The lowest BCUT2D eigenvalue weighted by Gasteiger charge is -2.42. The molecule has 1 aromatic rings. The first-order valence-corrected chi connectivity index (χ1v) is 9.70. The summed E-state index contributed by atoms with van der Waals surface area (Å²) in [5.41, 5.74) is 5.76. The molecule has 24 heavy (non-hydrogen) atoms. The number of sulfonamides is 1. The van der Waals surface area contributed by atoms with Crippen LogP contribution in [-0.4, -0.2) is 26.3 Å². The van der Waals surface area contributed by atoms with Crippen molar-refractivity contribution in [3.05, 3.63) is 29.8 Å². The second-order valence-corrected chi connectivity index (χ2v) is 8.10. The number of Topliss-reactive ketones (excluding diaryl/α,β-unsaturated/α-hetero) is 1. The molecule has 1 aliphatic rings. The summed E-state index contributed by atoms with van der Waals surface area (Å²) in [7, 11) is -3.71. The Morgan fingerprint density at radius 3 is 2.67 bits per heavy atom. The standard InChI is InChI=1S/C17H26N2O3S.ClH/c1-3-16(20)14-8-6-9-15(11-14)23(21,22)19-17(12-18)10-5-4-7-13(17)2;/h6,8-9,11,13,19H,3-5,7,10,12,18H2,1-2H3;1H. The number of carbonyl (C=O) groups excluding carboxylic acids is 1. The van der Waals surface area contributed by atoms with Crippen LogP contribution >= 0.6 is 12.4 Å². The molecule has 1 aliphatic carbocycles. The van der Waals surface area contributed by atoms with Gasteiger partial charge in [-0.15, -0.1) is 12.4 Å². The zero-order chi connectivity index (χ0) is 17.1. The van der Waals surface area contributed by atoms with Crippen molar-refractivity contribution < 1.29 is 13.2 Å². The zero-order valence-corrected chi connectivity index (χ0v) is 15.9. The van der Waals surface area contributed by atoms with E-state index in [0.717, 1.165) is 25.7 Å². The molecule has 0 saturated heterocycles. The number of halogens is 1. The monoisotopic (exact) mass is 374 g/mol. The normalized spacial score (nSPS) is 24.2. The van der Waals surface area contributed by atoms with E-state index in [1.165, 1.54) is 12.1 Å². The van der Waals surface area contributed by atoms with Crippen molar-refractivity contribution in [1.82, 2.24) is 4.72 Å². The summed E-state index contributed by atoms with van der Waals surface area (Å²) in [6.45, 7) is 4.08. The molecule has 2 atom stereocenters. The average molecular weight is 375 g/mol. The van der Waals surface area contributed by atoms with E-state index in [-0.39, 0.29) is 35.5 Å². The molecule has 2 rings (SSSR count). The summed E-state index contributed by atoms with van der Waals surface area (Å²) >= 11 is 0. The van der Waals surface area contributed by atoms with Gasteiger partial charge >= 0.3 is 0 Å². The number of nitrogens with one attached hydrogen (secondary N) is 1. The molecule has 0 radical (unpaired) electrons. The van der Waals surface area contributed by atoms with Crippen molar-refractivity contribution in [1.29, 1.82) is 0 Å². The molecule has 1 saturated carbocycles. The fourth-order valence-electron chi connectivity index (χ4n) is 3.28. The van der Waals surface area contributed by atoms with Gasteiger partial charge in [0.05, 0.1) is 4.90 Å². The van der Waals surface area contributed by atoms with Crippen molar-refractivity contribution in [2.75, 3.05) is 6.54 Å². The number of rotatable bonds is 6. The summed E-state index contributed by atoms with van der Waals surface area (Å²) in [4.78, 5) is 11.9. The molecule has 0 heterocycles. The molecule has 7 heteroatoms. The maximum atomic E-state index is 12.8. The van der Waals surface area contributed by atoms with Gasteiger partial charge in [-0.3, -0.25) is 4.79 Å². The largest absolute Gasteiger partial charge is 0.329 e. The Hall–Kier alpha value is -0.950. The molecule has 0 amide bonds. The average Bonchev–Trinajstić information content (AvgIpc) is 2.56. The molecule has 0 aromatic heterocycles. The predicted molar refractivity (Wildman–Crippen MR) is 98.1 cm³/mol. The Balaban J connectivity index is 0.00000288. The Kier molecular flexibility index (Phi) is 7.41. The number of hydrogen-bond donors (Lipinski definition) is 2. The highest BCUT2D eigenvalue weighted by Gasteiger charge is 2.40. The first-order valence-electron chi connectivity index (χ1n) is 8.22. The fraction of sp³-hybridized carbons (Fsp3) is 0.588. The van der Waals surface area contributed by atoms with Crippen LogP contribution in [0.3, 0.4) is 0 Å². The molecule has 1 fully saturated rings. The Morgan fingerprint density at radius 2 is 2.08 bits per heavy atom. The van der Waals surface area contributed by atoms with Crippen molar-refractivity contribution >= 4 is 28.2 Å². The Bertz CT molecular complexity index is 678. The molecular weight excluding hydrogens is 348 g/mol. The second kappa shape index (κ2) is 8.43. The predicted octanol–water partition coefficient (Wildman–Crippen LogP) is 2.89. The summed E-state index contributed by atoms with van der Waals surface area (Å²) < 4.78 is 28.4. The van der Waals surface area contributed by atoms with Crippen LogP contribution in [0, 0.1) is 5.92 Å². The van der Waals surface area contributed by atoms with Gasteiger partial charge in [0.15, 0.2) is 5.78 Å². The van der Waals surface area contributed by atoms with E-state index >= 15 is 0 Å². The van der Waals surface area contributed by atoms with Gasteiger partial charge in [0.2, 0.25) is 10.0 Å². The minimum Gasteiger partial charge on any atom is -0.329 e. The Labute approximate surface area is 150 Å². The van der Waals surface area contributed by atoms with E-state index in [2.05, 4.69) is 4.72 Å². The van der Waals surface area contributed by atoms with Gasteiger partial charge < -0.3 is 5.73 Å². The van der Waals surface area contributed by atoms with Crippen LogP contribution in [-0.2, 0) is 10.0 Å². The second-order valence-electron chi connectivity index (χ2n) is 6.42. The highest BCUT2D eigenvalue weighted by Crippen LogP contribution is 2.34. The molecule has 0 bridgehead atoms. The first kappa shape index (κ1) is 21.1. The van der Waals surface area contributed by atoms with Gasteiger partial charge in [0.1, 0.15) is 0 Å². The molecule has 0 aliphatic heterocycles. The maximum Gasteiger partial charge on any atom is 0.241 e. The summed E-state index contributed by atoms with van der Waals surface area (Å²) in [5.74, 6) is 0.123. The van der Waals surface area contributed by atoms with Crippen LogP contribution in [0.4, 0.5) is 0 Å². The van der Waals surface area contributed by atoms with Crippen molar-refractivity contribution in [2.45, 2.75) is 56.4 Å². The molecule has 3 N–H and O–H groups in total. The molecule has 1 aromatic carbocycles. The third-order valence-corrected chi connectivity index (χ3v) is 6.49. The van der Waals surface area contributed by atoms with Gasteiger partial charge in [0, 0.05) is 24.1 Å². The van der Waals surface area contributed by atoms with Crippen molar-refractivity contribution in [2.24, 2.45) is 11.7 Å². The highest BCUT2D eigenvalue weighted by molar-refractivity contribution is 7.89. The number of hydrogen-bond acceptors (Lipinski definition) is 4. The smallest absolute Gasteiger partial charge is 0.241 e. The number of carbonyl (C=O) groups is 1. The summed E-state index contributed by atoms with van der Waals surface area (Å²) in [6, 6.07) is 6.22. The van der Waals surface area contributed by atoms with E-state index in [0.29, 0.717) is 12.0 Å². The lowest BCUT2D eigenvalue weighted by atomic mass is 9.74. The lowest BCUT2D eigenvalue weighted by molar-refractivity contribution is 0.0988. The minimum atomic E-state index is -3.71. The van der Waals surface area contributed by atoms with E-state index in [1.54, 1.807) is 19.1 Å². The van der Waals surface area contributed by atoms with Crippen molar-refractivity contribution in [3.8, 4) is 0 Å². The van der Waals surface area contributed by atoms with Crippen LogP contribution in [0.2, 0.25) is 0 Å². The lowest BCUT2D eigenvalue weighted by Crippen LogP contribution is -2.58. The molecular formula is C17H27ClN2O3S. The maximum absolute atomic E-state index is 12.8. The van der Waals surface area contributed by atoms with Gasteiger partial charge in [-0.2, -0.15) is 0 Å². The van der Waals surface area contributed by atoms with E-state index in [9.17, 15) is 13.2 Å². The quantitative estimate of drug-likeness (QED) is 0.749. The number of benzene rings is 1. The summed E-state index contributed by atoms with van der Waals surface area (Å²) in [5, 5.41) is 0. The van der Waals surface area contributed by atoms with Gasteiger partial charge in [-0.05, 0) is 30.9 Å². The number of ketones is 1. The zero-order valence-electron chi connectivity index (χ0n) is 14.2. The van der Waals surface area contributed by atoms with Crippen LogP contribution in [0.1, 0.15) is 56.3 Å². The van der Waals surface area contributed by atoms with E-state index in [4.69, 9.17) is 5.73 Å². The highest BCUT2D eigenvalue weighted by atomic mass is 35.5. The minimum absolute atomic E-state index is 0. The van der Waals surface area contributed by atoms with Crippen LogP contribution in [0.15, 0.2) is 29.2 Å². The molecule has 2 unspecified atom stereocenters. The third-order valence-electron chi connectivity index (χ3n) is 4.94. The number of nitrogens with two attached hydrogens (primary N) is 1. The van der Waals surface area contributed by atoms with Gasteiger partial charge in [-0.1, -0.05) is 38.8 Å². The van der Waals surface area contributed by atoms with Crippen LogP contribution in [0.25, 0.3) is 0 Å². The van der Waals surface area contributed by atoms with E-state index < -0.39 is 15.6 Å². The molecule has 0 spiro atoms. The molecule has 136 valence electrons. The Morgan fingerprint density at radius 1 is 1.38 bits per heavy atom. The topological polar surface area (TPSA) is 89.3 Å².